The van der Waals surface area contributed by atoms with Crippen LogP contribution < -0.4 is 4.74 Å². The van der Waals surface area contributed by atoms with Crippen molar-refractivity contribution in [1.82, 2.24) is 0 Å². The van der Waals surface area contributed by atoms with E-state index in [9.17, 15) is 4.39 Å². The summed E-state index contributed by atoms with van der Waals surface area (Å²) < 4.78 is 19.5. The summed E-state index contributed by atoms with van der Waals surface area (Å²) >= 11 is 0. The van der Waals surface area contributed by atoms with Crippen LogP contribution in [0.1, 0.15) is 69.8 Å². The van der Waals surface area contributed by atoms with Gasteiger partial charge >= 0.3 is 0 Å². The molecular formula is C28H35FO. The number of benzene rings is 2. The molecule has 0 aromatic heterocycles. The third-order valence-electron chi connectivity index (χ3n) is 7.54. The quantitative estimate of drug-likeness (QED) is 0.440. The molecule has 30 heavy (non-hydrogen) atoms. The Morgan fingerprint density at radius 1 is 0.867 bits per heavy atom. The molecule has 0 N–H and O–H groups in total. The Labute approximate surface area is 181 Å². The molecular weight excluding hydrogens is 371 g/mol. The van der Waals surface area contributed by atoms with Crippen molar-refractivity contribution in [3.05, 3.63) is 66.5 Å². The molecule has 1 nitrogen and oxygen atoms in total. The van der Waals surface area contributed by atoms with Crippen LogP contribution in [-0.4, -0.2) is 6.61 Å². The third kappa shape index (κ3) is 4.79. The largest absolute Gasteiger partial charge is 0.491 e. The molecule has 0 saturated heterocycles. The number of hydrogen-bond donors (Lipinski definition) is 0. The highest BCUT2D eigenvalue weighted by Gasteiger charge is 2.30. The van der Waals surface area contributed by atoms with E-state index in [1.54, 1.807) is 12.1 Å². The Morgan fingerprint density at radius 2 is 1.47 bits per heavy atom. The first kappa shape index (κ1) is 21.2. The second-order valence-corrected chi connectivity index (χ2v) is 9.22. The van der Waals surface area contributed by atoms with E-state index in [4.69, 9.17) is 4.74 Å². The van der Waals surface area contributed by atoms with E-state index in [1.807, 2.05) is 13.0 Å². The molecule has 0 amide bonds. The van der Waals surface area contributed by atoms with Gasteiger partial charge in [0.25, 0.3) is 0 Å². The third-order valence-corrected chi connectivity index (χ3v) is 7.54. The fraction of sp³-hybridized carbons (Fsp3) is 0.500. The lowest BCUT2D eigenvalue weighted by Crippen LogP contribution is -2.25. The van der Waals surface area contributed by atoms with Crippen molar-refractivity contribution in [2.24, 2.45) is 17.8 Å². The van der Waals surface area contributed by atoms with Gasteiger partial charge in [0, 0.05) is 0 Å². The molecule has 2 heteroatoms. The van der Waals surface area contributed by atoms with E-state index >= 15 is 0 Å². The van der Waals surface area contributed by atoms with Gasteiger partial charge in [0.2, 0.25) is 0 Å². The maximum absolute atomic E-state index is 14.2. The Hall–Kier alpha value is -2.09. The summed E-state index contributed by atoms with van der Waals surface area (Å²) in [4.78, 5) is 0. The van der Waals surface area contributed by atoms with Gasteiger partial charge in [-0.05, 0) is 111 Å². The van der Waals surface area contributed by atoms with E-state index in [0.29, 0.717) is 18.3 Å². The van der Waals surface area contributed by atoms with Crippen molar-refractivity contribution in [2.45, 2.75) is 64.2 Å². The highest BCUT2D eigenvalue weighted by Crippen LogP contribution is 2.44. The SMILES string of the molecule is C=CC1CCC(C2CCC(c3ccc(-c4ccc(OCC)c(F)c4)cc3)CC2)CC1. The van der Waals surface area contributed by atoms with Crippen molar-refractivity contribution in [1.29, 1.82) is 0 Å². The first-order valence-electron chi connectivity index (χ1n) is 11.8. The van der Waals surface area contributed by atoms with E-state index in [2.05, 4.69) is 36.9 Å². The summed E-state index contributed by atoms with van der Waals surface area (Å²) in [5.74, 6) is 3.35. The molecule has 2 fully saturated rings. The van der Waals surface area contributed by atoms with Gasteiger partial charge in [-0.3, -0.25) is 0 Å². The molecule has 0 spiro atoms. The van der Waals surface area contributed by atoms with E-state index < -0.39 is 0 Å². The molecule has 4 rings (SSSR count). The van der Waals surface area contributed by atoms with Crippen LogP contribution in [0.2, 0.25) is 0 Å². The van der Waals surface area contributed by atoms with E-state index in [-0.39, 0.29) is 5.82 Å². The zero-order chi connectivity index (χ0) is 20.9. The van der Waals surface area contributed by atoms with Crippen molar-refractivity contribution in [2.75, 3.05) is 6.61 Å². The van der Waals surface area contributed by atoms with Crippen LogP contribution in [0, 0.1) is 23.6 Å². The molecule has 2 aliphatic rings. The summed E-state index contributed by atoms with van der Waals surface area (Å²) in [6, 6.07) is 14.0. The van der Waals surface area contributed by atoms with Crippen LogP contribution in [0.5, 0.6) is 5.75 Å². The molecule has 0 bridgehead atoms. The Morgan fingerprint density at radius 3 is 2.03 bits per heavy atom. The van der Waals surface area contributed by atoms with Gasteiger partial charge in [-0.2, -0.15) is 0 Å². The number of hydrogen-bond acceptors (Lipinski definition) is 1. The normalized spacial score (nSPS) is 26.9. The van der Waals surface area contributed by atoms with E-state index in [1.165, 1.54) is 56.9 Å². The first-order valence-corrected chi connectivity index (χ1v) is 11.8. The molecule has 2 aromatic rings. The van der Waals surface area contributed by atoms with Crippen LogP contribution in [0.3, 0.4) is 0 Å². The molecule has 2 aliphatic carbocycles. The maximum Gasteiger partial charge on any atom is 0.165 e. The van der Waals surface area contributed by atoms with Gasteiger partial charge in [-0.1, -0.05) is 36.4 Å². The number of allylic oxidation sites excluding steroid dienone is 1. The summed E-state index contributed by atoms with van der Waals surface area (Å²) in [5, 5.41) is 0. The average molecular weight is 407 g/mol. The summed E-state index contributed by atoms with van der Waals surface area (Å²) in [7, 11) is 0. The number of halogens is 1. The zero-order valence-corrected chi connectivity index (χ0v) is 18.3. The predicted molar refractivity (Wildman–Crippen MR) is 123 cm³/mol. The fourth-order valence-electron chi connectivity index (χ4n) is 5.68. The van der Waals surface area contributed by atoms with Crippen molar-refractivity contribution in [3.63, 3.8) is 0 Å². The van der Waals surface area contributed by atoms with Gasteiger partial charge in [0.05, 0.1) is 6.61 Å². The molecule has 0 heterocycles. The highest BCUT2D eigenvalue weighted by molar-refractivity contribution is 5.64. The Balaban J connectivity index is 1.34. The maximum atomic E-state index is 14.2. The first-order chi connectivity index (χ1) is 14.7. The standard InChI is InChI=1S/C28H35FO/c1-3-20-5-7-21(8-6-20)22-9-11-23(12-10-22)24-13-15-25(16-14-24)26-17-18-28(30-4-2)27(29)19-26/h3,13-23H,1,4-12H2,2H3. The van der Waals surface area contributed by atoms with Crippen molar-refractivity contribution in [3.8, 4) is 16.9 Å². The molecule has 0 radical (unpaired) electrons. The average Bonchev–Trinajstić information content (AvgIpc) is 2.81. The highest BCUT2D eigenvalue weighted by atomic mass is 19.1. The predicted octanol–water partition coefficient (Wildman–Crippen LogP) is 8.16. The number of rotatable bonds is 6. The lowest BCUT2D eigenvalue weighted by atomic mass is 9.68. The van der Waals surface area contributed by atoms with Crippen LogP contribution in [0.25, 0.3) is 11.1 Å². The van der Waals surface area contributed by atoms with Gasteiger partial charge < -0.3 is 4.74 Å². The van der Waals surface area contributed by atoms with Gasteiger partial charge in [-0.25, -0.2) is 4.39 Å². The van der Waals surface area contributed by atoms with Gasteiger partial charge in [0.1, 0.15) is 0 Å². The van der Waals surface area contributed by atoms with Crippen LogP contribution in [-0.2, 0) is 0 Å². The summed E-state index contributed by atoms with van der Waals surface area (Å²) in [5.41, 5.74) is 3.41. The molecule has 160 valence electrons. The van der Waals surface area contributed by atoms with Crippen molar-refractivity contribution < 1.29 is 9.13 Å². The van der Waals surface area contributed by atoms with Crippen LogP contribution in [0.4, 0.5) is 4.39 Å². The molecule has 2 aromatic carbocycles. The number of ether oxygens (including phenoxy) is 1. The smallest absolute Gasteiger partial charge is 0.165 e. The lowest BCUT2D eigenvalue weighted by molar-refractivity contribution is 0.171. The molecule has 2 saturated carbocycles. The molecule has 0 aliphatic heterocycles. The monoisotopic (exact) mass is 406 g/mol. The van der Waals surface area contributed by atoms with Gasteiger partial charge in [-0.15, -0.1) is 6.58 Å². The second-order valence-electron chi connectivity index (χ2n) is 9.22. The molecule has 0 atom stereocenters. The van der Waals surface area contributed by atoms with E-state index in [0.717, 1.165) is 28.9 Å². The zero-order valence-electron chi connectivity index (χ0n) is 18.3. The minimum absolute atomic E-state index is 0.293. The molecule has 0 unspecified atom stereocenters. The van der Waals surface area contributed by atoms with Crippen molar-refractivity contribution >= 4 is 0 Å². The van der Waals surface area contributed by atoms with Crippen LogP contribution in [0.15, 0.2) is 55.1 Å². The minimum atomic E-state index is -0.293. The second kappa shape index (κ2) is 9.81. The van der Waals surface area contributed by atoms with Crippen LogP contribution >= 0.6 is 0 Å². The lowest BCUT2D eigenvalue weighted by Gasteiger charge is -2.37. The Bertz CT molecular complexity index is 824. The summed E-state index contributed by atoms with van der Waals surface area (Å²) in [6.07, 6.45) is 13.0. The fourth-order valence-corrected chi connectivity index (χ4v) is 5.68. The topological polar surface area (TPSA) is 9.23 Å². The van der Waals surface area contributed by atoms with Gasteiger partial charge in [0.15, 0.2) is 11.6 Å². The minimum Gasteiger partial charge on any atom is -0.491 e. The summed E-state index contributed by atoms with van der Waals surface area (Å²) in [6.45, 7) is 6.33. The Kier molecular flexibility index (Phi) is 6.92.